The van der Waals surface area contributed by atoms with Crippen LogP contribution in [0.3, 0.4) is 0 Å². The van der Waals surface area contributed by atoms with E-state index in [1.807, 2.05) is 6.92 Å². The van der Waals surface area contributed by atoms with Crippen LogP contribution in [0, 0.1) is 0 Å². The van der Waals surface area contributed by atoms with Gasteiger partial charge in [0, 0.05) is 13.1 Å². The van der Waals surface area contributed by atoms with Crippen LogP contribution in [-0.4, -0.2) is 58.5 Å². The molecule has 1 N–H and O–H groups in total. The smallest absolute Gasteiger partial charge is 0.324 e. The molecule has 0 aromatic heterocycles. The first-order valence-electron chi connectivity index (χ1n) is 6.99. The minimum Gasteiger partial charge on any atom is -0.480 e. The monoisotopic (exact) mass is 280 g/mol. The van der Waals surface area contributed by atoms with Crippen LogP contribution in [0.2, 0.25) is 0 Å². The van der Waals surface area contributed by atoms with E-state index in [1.54, 1.807) is 22.0 Å². The lowest BCUT2D eigenvalue weighted by Gasteiger charge is -2.34. The molecule has 0 aliphatic carbocycles. The van der Waals surface area contributed by atoms with Crippen molar-refractivity contribution in [3.05, 3.63) is 25.3 Å². The molecule has 1 heterocycles. The summed E-state index contributed by atoms with van der Waals surface area (Å²) in [4.78, 5) is 27.3. The number of carbonyl (C=O) groups is 2. The summed E-state index contributed by atoms with van der Waals surface area (Å²) < 4.78 is 0. The molecule has 1 atom stereocenters. The van der Waals surface area contributed by atoms with Gasteiger partial charge in [0.1, 0.15) is 5.54 Å². The highest BCUT2D eigenvalue weighted by atomic mass is 16.4. The van der Waals surface area contributed by atoms with Crippen molar-refractivity contribution in [2.24, 2.45) is 0 Å². The zero-order valence-electron chi connectivity index (χ0n) is 12.2. The molecular formula is C15H24N2O3. The summed E-state index contributed by atoms with van der Waals surface area (Å²) in [5, 5.41) is 9.49. The second-order valence-corrected chi connectivity index (χ2v) is 5.09. The van der Waals surface area contributed by atoms with Gasteiger partial charge < -0.3 is 10.0 Å². The molecule has 1 aliphatic heterocycles. The van der Waals surface area contributed by atoms with E-state index in [4.69, 9.17) is 0 Å². The second kappa shape index (κ2) is 7.24. The van der Waals surface area contributed by atoms with Crippen LogP contribution in [-0.2, 0) is 9.59 Å². The van der Waals surface area contributed by atoms with Gasteiger partial charge in [-0.05, 0) is 25.8 Å². The Morgan fingerprint density at radius 1 is 1.35 bits per heavy atom. The third-order valence-electron chi connectivity index (χ3n) is 3.98. The van der Waals surface area contributed by atoms with E-state index < -0.39 is 11.5 Å². The van der Waals surface area contributed by atoms with Gasteiger partial charge in [-0.2, -0.15) is 0 Å². The van der Waals surface area contributed by atoms with Crippen LogP contribution in [0.5, 0.6) is 0 Å². The molecule has 0 spiro atoms. The van der Waals surface area contributed by atoms with E-state index >= 15 is 0 Å². The van der Waals surface area contributed by atoms with Crippen LogP contribution in [0.25, 0.3) is 0 Å². The molecule has 1 aliphatic rings. The zero-order valence-corrected chi connectivity index (χ0v) is 12.2. The number of nitrogens with zero attached hydrogens (tertiary/aromatic N) is 2. The molecule has 1 saturated heterocycles. The molecule has 0 radical (unpaired) electrons. The third-order valence-corrected chi connectivity index (χ3v) is 3.98. The van der Waals surface area contributed by atoms with Crippen molar-refractivity contribution in [3.8, 4) is 0 Å². The van der Waals surface area contributed by atoms with Gasteiger partial charge in [-0.1, -0.05) is 19.1 Å². The number of rotatable bonds is 8. The first-order valence-corrected chi connectivity index (χ1v) is 6.99. The molecule has 0 aromatic carbocycles. The minimum atomic E-state index is -0.885. The van der Waals surface area contributed by atoms with E-state index in [2.05, 4.69) is 13.2 Å². The summed E-state index contributed by atoms with van der Waals surface area (Å²) >= 11 is 0. The highest BCUT2D eigenvalue weighted by Gasteiger charge is 2.46. The normalized spacial score (nSPS) is 22.4. The van der Waals surface area contributed by atoms with E-state index in [0.717, 1.165) is 6.42 Å². The topological polar surface area (TPSA) is 60.9 Å². The van der Waals surface area contributed by atoms with Crippen LogP contribution in [0.1, 0.15) is 26.2 Å². The van der Waals surface area contributed by atoms with Crippen molar-refractivity contribution in [2.75, 3.05) is 26.2 Å². The third kappa shape index (κ3) is 3.28. The summed E-state index contributed by atoms with van der Waals surface area (Å²) in [7, 11) is 0. The maximum Gasteiger partial charge on any atom is 0.324 e. The number of amides is 1. The number of hydrogen-bond acceptors (Lipinski definition) is 3. The van der Waals surface area contributed by atoms with Gasteiger partial charge in [-0.15, -0.1) is 13.2 Å². The Labute approximate surface area is 120 Å². The van der Waals surface area contributed by atoms with Gasteiger partial charge in [0.2, 0.25) is 5.91 Å². The standard InChI is InChI=1S/C15H24N2O3/c1-4-9-16(10-5-2)13(18)12-17-11-7-8-15(17,6-3)14(19)20/h4-5H,1-2,6-12H2,3H3,(H,19,20). The lowest BCUT2D eigenvalue weighted by atomic mass is 9.93. The maximum atomic E-state index is 12.3. The first-order chi connectivity index (χ1) is 9.51. The van der Waals surface area contributed by atoms with Gasteiger partial charge >= 0.3 is 5.97 Å². The van der Waals surface area contributed by atoms with Crippen LogP contribution < -0.4 is 0 Å². The summed E-state index contributed by atoms with van der Waals surface area (Å²) in [6.07, 6.45) is 5.26. The Morgan fingerprint density at radius 2 is 1.95 bits per heavy atom. The van der Waals surface area contributed by atoms with Crippen LogP contribution in [0.4, 0.5) is 0 Å². The fourth-order valence-electron chi connectivity index (χ4n) is 2.81. The van der Waals surface area contributed by atoms with Crippen molar-refractivity contribution in [3.63, 3.8) is 0 Å². The maximum absolute atomic E-state index is 12.3. The predicted octanol–water partition coefficient (Wildman–Crippen LogP) is 1.52. The second-order valence-electron chi connectivity index (χ2n) is 5.09. The van der Waals surface area contributed by atoms with Gasteiger partial charge in [0.25, 0.3) is 0 Å². The highest BCUT2D eigenvalue weighted by Crippen LogP contribution is 2.32. The molecule has 5 heteroatoms. The van der Waals surface area contributed by atoms with E-state index in [9.17, 15) is 14.7 Å². The minimum absolute atomic E-state index is 0.0780. The number of carboxylic acid groups (broad SMARTS) is 1. The number of carbonyl (C=O) groups excluding carboxylic acids is 1. The van der Waals surface area contributed by atoms with Crippen LogP contribution in [0.15, 0.2) is 25.3 Å². The lowest BCUT2D eigenvalue weighted by molar-refractivity contribution is -0.151. The summed E-state index contributed by atoms with van der Waals surface area (Å²) in [5.41, 5.74) is -0.885. The number of hydrogen-bond donors (Lipinski definition) is 1. The SMILES string of the molecule is C=CCN(CC=C)C(=O)CN1CCCC1(CC)C(=O)O. The number of likely N-dealkylation sites (tertiary alicyclic amines) is 1. The number of aliphatic carboxylic acids is 1. The fraction of sp³-hybridized carbons (Fsp3) is 0.600. The molecule has 0 bridgehead atoms. The molecule has 1 rings (SSSR count). The van der Waals surface area contributed by atoms with Gasteiger partial charge in [-0.3, -0.25) is 14.5 Å². The molecule has 5 nitrogen and oxygen atoms in total. The van der Waals surface area contributed by atoms with E-state index in [0.29, 0.717) is 32.5 Å². The summed E-state index contributed by atoms with van der Waals surface area (Å²) in [6, 6.07) is 0. The quantitative estimate of drug-likeness (QED) is 0.685. The zero-order chi connectivity index (χ0) is 15.2. The Hall–Kier alpha value is -1.62. The van der Waals surface area contributed by atoms with Crippen LogP contribution >= 0.6 is 0 Å². The Bertz CT molecular complexity index is 385. The molecule has 112 valence electrons. The first kappa shape index (κ1) is 16.4. The molecule has 0 aromatic rings. The molecule has 1 fully saturated rings. The fourth-order valence-corrected chi connectivity index (χ4v) is 2.81. The van der Waals surface area contributed by atoms with Crippen molar-refractivity contribution < 1.29 is 14.7 Å². The highest BCUT2D eigenvalue weighted by molar-refractivity contribution is 5.82. The lowest BCUT2D eigenvalue weighted by Crippen LogP contribution is -2.53. The Balaban J connectivity index is 2.79. The average molecular weight is 280 g/mol. The van der Waals surface area contributed by atoms with Gasteiger partial charge in [-0.25, -0.2) is 0 Å². The van der Waals surface area contributed by atoms with Crippen molar-refractivity contribution in [1.82, 2.24) is 9.80 Å². The van der Waals surface area contributed by atoms with E-state index in [1.165, 1.54) is 0 Å². The molecular weight excluding hydrogens is 256 g/mol. The predicted molar refractivity (Wildman–Crippen MR) is 78.4 cm³/mol. The molecule has 0 saturated carbocycles. The molecule has 1 unspecified atom stereocenters. The van der Waals surface area contributed by atoms with Gasteiger partial charge in [0.15, 0.2) is 0 Å². The van der Waals surface area contributed by atoms with Crippen molar-refractivity contribution in [1.29, 1.82) is 0 Å². The molecule has 1 amide bonds. The Kier molecular flexibility index (Phi) is 5.95. The van der Waals surface area contributed by atoms with Crippen molar-refractivity contribution in [2.45, 2.75) is 31.7 Å². The summed E-state index contributed by atoms with van der Waals surface area (Å²) in [5.74, 6) is -0.907. The number of carboxylic acids is 1. The summed E-state index contributed by atoms with van der Waals surface area (Å²) in [6.45, 7) is 10.8. The van der Waals surface area contributed by atoms with Gasteiger partial charge in [0.05, 0.1) is 6.54 Å². The molecule has 20 heavy (non-hydrogen) atoms. The Morgan fingerprint density at radius 3 is 2.40 bits per heavy atom. The average Bonchev–Trinajstić information content (AvgIpc) is 2.82. The van der Waals surface area contributed by atoms with Crippen molar-refractivity contribution >= 4 is 11.9 Å². The van der Waals surface area contributed by atoms with E-state index in [-0.39, 0.29) is 12.5 Å². The largest absolute Gasteiger partial charge is 0.480 e.